The summed E-state index contributed by atoms with van der Waals surface area (Å²) in [5, 5.41) is 3.04. The van der Waals surface area contributed by atoms with Crippen LogP contribution in [0.4, 0.5) is 5.69 Å². The number of carbonyl (C=O) groups is 3. The zero-order valence-corrected chi connectivity index (χ0v) is 15.7. The largest absolute Gasteiger partial charge is 0.456 e. The van der Waals surface area contributed by atoms with Crippen LogP contribution in [0.15, 0.2) is 53.3 Å². The Labute approximate surface area is 165 Å². The second kappa shape index (κ2) is 8.92. The molecule has 0 aliphatic carbocycles. The molecule has 8 nitrogen and oxygen atoms in total. The number of hydrogen-bond acceptors (Lipinski definition) is 6. The molecule has 0 fully saturated rings. The molecule has 148 valence electrons. The molecule has 1 amide bonds. The molecule has 0 spiro atoms. The second-order valence-corrected chi connectivity index (χ2v) is 6.38. The first-order valence-electron chi connectivity index (χ1n) is 8.97. The van der Waals surface area contributed by atoms with Crippen LogP contribution >= 0.6 is 0 Å². The van der Waals surface area contributed by atoms with E-state index in [1.807, 2.05) is 0 Å². The zero-order valence-electron chi connectivity index (χ0n) is 15.7. The van der Waals surface area contributed by atoms with Gasteiger partial charge in [0.25, 0.3) is 11.5 Å². The van der Waals surface area contributed by atoms with Gasteiger partial charge in [0.15, 0.2) is 12.4 Å². The molecule has 0 aliphatic heterocycles. The van der Waals surface area contributed by atoms with Crippen molar-refractivity contribution in [3.8, 4) is 0 Å². The molecule has 0 radical (unpaired) electrons. The van der Waals surface area contributed by atoms with Crippen LogP contribution in [0, 0.1) is 0 Å². The van der Waals surface area contributed by atoms with E-state index in [9.17, 15) is 19.2 Å². The zero-order chi connectivity index (χ0) is 20.8. The van der Waals surface area contributed by atoms with E-state index in [0.29, 0.717) is 28.0 Å². The summed E-state index contributed by atoms with van der Waals surface area (Å²) in [7, 11) is 0. The number of nitrogens with one attached hydrogen (secondary N) is 2. The predicted molar refractivity (Wildman–Crippen MR) is 107 cm³/mol. The number of aryl methyl sites for hydroxylation is 1. The first-order valence-corrected chi connectivity index (χ1v) is 8.97. The number of aromatic amines is 1. The van der Waals surface area contributed by atoms with E-state index in [0.717, 1.165) is 0 Å². The van der Waals surface area contributed by atoms with Gasteiger partial charge >= 0.3 is 5.97 Å². The summed E-state index contributed by atoms with van der Waals surface area (Å²) < 4.78 is 4.96. The third kappa shape index (κ3) is 5.35. The summed E-state index contributed by atoms with van der Waals surface area (Å²) in [6, 6.07) is 13.4. The summed E-state index contributed by atoms with van der Waals surface area (Å²) in [6.45, 7) is 0.977. The lowest BCUT2D eigenvalue weighted by Gasteiger charge is -2.07. The molecule has 29 heavy (non-hydrogen) atoms. The molecule has 3 aromatic rings. The van der Waals surface area contributed by atoms with Crippen molar-refractivity contribution in [1.82, 2.24) is 9.97 Å². The Morgan fingerprint density at radius 2 is 1.90 bits per heavy atom. The Morgan fingerprint density at radius 3 is 2.69 bits per heavy atom. The van der Waals surface area contributed by atoms with Crippen LogP contribution in [-0.4, -0.2) is 34.2 Å². The highest BCUT2D eigenvalue weighted by Crippen LogP contribution is 2.11. The van der Waals surface area contributed by atoms with E-state index in [-0.39, 0.29) is 24.2 Å². The van der Waals surface area contributed by atoms with Crippen LogP contribution in [0.5, 0.6) is 0 Å². The van der Waals surface area contributed by atoms with Gasteiger partial charge in [0, 0.05) is 17.7 Å². The van der Waals surface area contributed by atoms with E-state index in [1.165, 1.54) is 6.92 Å². The summed E-state index contributed by atoms with van der Waals surface area (Å²) in [6.07, 6.45) is 0.148. The number of para-hydroxylation sites is 1. The van der Waals surface area contributed by atoms with Crippen LogP contribution in [-0.2, 0) is 20.7 Å². The maximum atomic E-state index is 12.0. The number of H-pyrrole nitrogens is 1. The average molecular weight is 393 g/mol. The molecule has 1 aromatic heterocycles. The van der Waals surface area contributed by atoms with Crippen molar-refractivity contribution >= 4 is 34.3 Å². The van der Waals surface area contributed by atoms with Gasteiger partial charge < -0.3 is 15.0 Å². The van der Waals surface area contributed by atoms with Gasteiger partial charge in [-0.15, -0.1) is 0 Å². The molecule has 0 unspecified atom stereocenters. The Balaban J connectivity index is 1.50. The lowest BCUT2D eigenvalue weighted by atomic mass is 10.1. The van der Waals surface area contributed by atoms with Crippen LogP contribution < -0.4 is 10.9 Å². The van der Waals surface area contributed by atoms with Crippen molar-refractivity contribution in [1.29, 1.82) is 0 Å². The normalized spacial score (nSPS) is 10.5. The minimum absolute atomic E-state index is 0.0334. The number of anilines is 1. The molecule has 1 heterocycles. The summed E-state index contributed by atoms with van der Waals surface area (Å²) >= 11 is 0. The summed E-state index contributed by atoms with van der Waals surface area (Å²) in [5.74, 6) is -0.853. The molecular formula is C21H19N3O5. The van der Waals surface area contributed by atoms with Gasteiger partial charge in [-0.05, 0) is 31.2 Å². The average Bonchev–Trinajstić information content (AvgIpc) is 2.71. The summed E-state index contributed by atoms with van der Waals surface area (Å²) in [5.41, 5.74) is 1.19. The molecule has 2 aromatic carbocycles. The predicted octanol–water partition coefficient (Wildman–Crippen LogP) is 2.24. The van der Waals surface area contributed by atoms with Gasteiger partial charge in [0.2, 0.25) is 0 Å². The standard InChI is InChI=1S/C21H19N3O5/c1-13(25)14-5-4-6-15(11-14)22-19(26)12-29-20(27)10-9-18-23-17-8-3-2-7-16(17)21(28)24-18/h2-8,11H,9-10,12H2,1H3,(H,22,26)(H,23,24,28). The van der Waals surface area contributed by atoms with Gasteiger partial charge in [0.1, 0.15) is 5.82 Å². The molecule has 0 bridgehead atoms. The van der Waals surface area contributed by atoms with Gasteiger partial charge in [-0.25, -0.2) is 4.98 Å². The van der Waals surface area contributed by atoms with Crippen molar-refractivity contribution in [3.63, 3.8) is 0 Å². The maximum Gasteiger partial charge on any atom is 0.306 e. The van der Waals surface area contributed by atoms with E-state index < -0.39 is 18.5 Å². The molecule has 0 saturated carbocycles. The third-order valence-corrected chi connectivity index (χ3v) is 4.14. The van der Waals surface area contributed by atoms with Gasteiger partial charge in [-0.2, -0.15) is 0 Å². The molecule has 3 rings (SSSR count). The van der Waals surface area contributed by atoms with Crippen LogP contribution in [0.25, 0.3) is 10.9 Å². The fraction of sp³-hybridized carbons (Fsp3) is 0.190. The SMILES string of the molecule is CC(=O)c1cccc(NC(=O)COC(=O)CCc2nc3ccccc3c(=O)[nH]2)c1. The maximum absolute atomic E-state index is 12.0. The minimum Gasteiger partial charge on any atom is -0.456 e. The van der Waals surface area contributed by atoms with Crippen LogP contribution in [0.1, 0.15) is 29.5 Å². The minimum atomic E-state index is -0.589. The Kier molecular flexibility index (Phi) is 6.13. The topological polar surface area (TPSA) is 118 Å². The van der Waals surface area contributed by atoms with Crippen molar-refractivity contribution in [3.05, 3.63) is 70.3 Å². The highest BCUT2D eigenvalue weighted by molar-refractivity contribution is 5.97. The molecular weight excluding hydrogens is 374 g/mol. The van der Waals surface area contributed by atoms with Gasteiger partial charge in [-0.1, -0.05) is 24.3 Å². The monoisotopic (exact) mass is 393 g/mol. The number of carbonyl (C=O) groups excluding carboxylic acids is 3. The number of esters is 1. The molecule has 2 N–H and O–H groups in total. The second-order valence-electron chi connectivity index (χ2n) is 6.38. The number of rotatable bonds is 7. The number of benzene rings is 2. The molecule has 8 heteroatoms. The van der Waals surface area contributed by atoms with Crippen molar-refractivity contribution in [2.24, 2.45) is 0 Å². The Hall–Kier alpha value is -3.81. The van der Waals surface area contributed by atoms with Crippen LogP contribution in [0.3, 0.4) is 0 Å². The number of ketones is 1. The molecule has 0 atom stereocenters. The van der Waals surface area contributed by atoms with Gasteiger partial charge in [0.05, 0.1) is 17.3 Å². The van der Waals surface area contributed by atoms with E-state index in [2.05, 4.69) is 15.3 Å². The molecule has 0 aliphatic rings. The van der Waals surface area contributed by atoms with Crippen molar-refractivity contribution < 1.29 is 19.1 Å². The quantitative estimate of drug-likeness (QED) is 0.469. The summed E-state index contributed by atoms with van der Waals surface area (Å²) in [4.78, 5) is 54.2. The number of nitrogens with zero attached hydrogens (tertiary/aromatic N) is 1. The fourth-order valence-electron chi connectivity index (χ4n) is 2.70. The lowest BCUT2D eigenvalue weighted by Crippen LogP contribution is -2.21. The highest BCUT2D eigenvalue weighted by Gasteiger charge is 2.11. The van der Waals surface area contributed by atoms with E-state index in [1.54, 1.807) is 48.5 Å². The fourth-order valence-corrected chi connectivity index (χ4v) is 2.70. The van der Waals surface area contributed by atoms with Crippen molar-refractivity contribution in [2.75, 3.05) is 11.9 Å². The van der Waals surface area contributed by atoms with E-state index in [4.69, 9.17) is 4.74 Å². The number of Topliss-reactive ketones (excluding diaryl/α,β-unsaturated/α-hetero) is 1. The number of hydrogen-bond donors (Lipinski definition) is 2. The number of aromatic nitrogens is 2. The van der Waals surface area contributed by atoms with Crippen LogP contribution in [0.2, 0.25) is 0 Å². The third-order valence-electron chi connectivity index (χ3n) is 4.14. The van der Waals surface area contributed by atoms with E-state index >= 15 is 0 Å². The first kappa shape index (κ1) is 19.9. The first-order chi connectivity index (χ1) is 13.9. The Bertz CT molecular complexity index is 1140. The number of ether oxygens (including phenoxy) is 1. The highest BCUT2D eigenvalue weighted by atomic mass is 16.5. The Morgan fingerprint density at radius 1 is 1.10 bits per heavy atom. The lowest BCUT2D eigenvalue weighted by molar-refractivity contribution is -0.147. The molecule has 0 saturated heterocycles. The van der Waals surface area contributed by atoms with Gasteiger partial charge in [-0.3, -0.25) is 19.2 Å². The number of fused-ring (bicyclic) bond motifs is 1. The smallest absolute Gasteiger partial charge is 0.306 e. The number of amides is 1. The van der Waals surface area contributed by atoms with Crippen molar-refractivity contribution in [2.45, 2.75) is 19.8 Å².